The Labute approximate surface area is 213 Å². The molecule has 0 fully saturated rings. The minimum atomic E-state index is -0.701. The smallest absolute Gasteiger partial charge is 0.365 e. The number of ether oxygens (including phenoxy) is 1. The van der Waals surface area contributed by atoms with Gasteiger partial charge in [-0.05, 0) is 28.8 Å². The van der Waals surface area contributed by atoms with Crippen LogP contribution in [-0.4, -0.2) is 18.1 Å². The molecule has 1 atom stereocenters. The first-order chi connectivity index (χ1) is 17.2. The number of nitrogens with zero attached hydrogens (tertiary/aromatic N) is 2. The molecule has 0 saturated heterocycles. The summed E-state index contributed by atoms with van der Waals surface area (Å²) in [6, 6.07) is 39.7. The molecule has 0 bridgehead atoms. The number of benzene rings is 4. The van der Waals surface area contributed by atoms with Gasteiger partial charge in [-0.15, -0.1) is 0 Å². The Bertz CT molecular complexity index is 1370. The third-order valence-corrected chi connectivity index (χ3v) is 9.64. The van der Waals surface area contributed by atoms with Gasteiger partial charge in [0.05, 0.1) is 17.5 Å². The lowest BCUT2D eigenvalue weighted by Gasteiger charge is -2.37. The van der Waals surface area contributed by atoms with Gasteiger partial charge < -0.3 is 4.74 Å². The van der Waals surface area contributed by atoms with Crippen molar-refractivity contribution in [1.29, 1.82) is 0 Å². The predicted octanol–water partition coefficient (Wildman–Crippen LogP) is 6.58. The molecule has 172 valence electrons. The summed E-state index contributed by atoms with van der Waals surface area (Å²) < 4.78 is 3.90. The van der Waals surface area contributed by atoms with E-state index in [2.05, 4.69) is 72.8 Å². The molecule has 4 aromatic carbocycles. The first kappa shape index (κ1) is 22.0. The number of para-hydroxylation sites is 1. The number of thioether (sulfide) groups is 2. The third-order valence-electron chi connectivity index (χ3n) is 6.36. The molecule has 6 heteroatoms. The van der Waals surface area contributed by atoms with Crippen molar-refractivity contribution in [2.75, 3.05) is 12.1 Å². The fraction of sp³-hybridized carbons (Fsp3) is 0.103. The van der Waals surface area contributed by atoms with Crippen LogP contribution >= 0.6 is 23.5 Å². The predicted molar refractivity (Wildman–Crippen MR) is 144 cm³/mol. The Balaban J connectivity index is 1.64. The molecule has 6 rings (SSSR count). The average molecular weight is 495 g/mol. The van der Waals surface area contributed by atoms with Gasteiger partial charge in [0.15, 0.2) is 4.20 Å². The molecule has 2 aliphatic rings. The highest BCUT2D eigenvalue weighted by molar-refractivity contribution is 8.27. The standard InChI is InChI=1S/C29H22N2O2S2/c1-33-27(32)26-30-31(23-17-9-4-10-18-23)29(34-26)25-20-12-11-19-24(25)28(35-29,21-13-5-2-6-14-21)22-15-7-3-8-16-22/h2-20H,1H3/t29-/m1/s1. The van der Waals surface area contributed by atoms with E-state index >= 15 is 0 Å². The van der Waals surface area contributed by atoms with Crippen molar-refractivity contribution < 1.29 is 9.53 Å². The van der Waals surface area contributed by atoms with Crippen LogP contribution in [-0.2, 0) is 18.5 Å². The van der Waals surface area contributed by atoms with Crippen LogP contribution in [0.5, 0.6) is 0 Å². The van der Waals surface area contributed by atoms with Crippen LogP contribution in [0, 0.1) is 0 Å². The average Bonchev–Trinajstić information content (AvgIpc) is 3.47. The minimum absolute atomic E-state index is 0.343. The van der Waals surface area contributed by atoms with Crippen molar-refractivity contribution in [3.8, 4) is 0 Å². The number of rotatable bonds is 4. The molecule has 0 aromatic heterocycles. The molecule has 0 saturated carbocycles. The number of carbonyl (C=O) groups is 1. The minimum Gasteiger partial charge on any atom is -0.464 e. The summed E-state index contributed by atoms with van der Waals surface area (Å²) in [6.45, 7) is 0. The van der Waals surface area contributed by atoms with Crippen LogP contribution in [0.15, 0.2) is 120 Å². The summed E-state index contributed by atoms with van der Waals surface area (Å²) in [6.07, 6.45) is 0. The van der Waals surface area contributed by atoms with Gasteiger partial charge in [0.25, 0.3) is 0 Å². The normalized spacial score (nSPS) is 19.9. The quantitative estimate of drug-likeness (QED) is 0.300. The molecule has 0 unspecified atom stereocenters. The SMILES string of the molecule is COC(=O)C1=NN(c2ccccc2)[C@]2(S1)SC(c1ccccc1)(c1ccccc1)c1ccccc12. The second kappa shape index (κ2) is 8.63. The monoisotopic (exact) mass is 494 g/mol. The molecule has 4 nitrogen and oxygen atoms in total. The molecule has 1 spiro atoms. The Morgan fingerprint density at radius 2 is 1.26 bits per heavy atom. The summed E-state index contributed by atoms with van der Waals surface area (Å²) in [5, 5.41) is 7.16. The van der Waals surface area contributed by atoms with Crippen molar-refractivity contribution in [1.82, 2.24) is 0 Å². The zero-order valence-corrected chi connectivity index (χ0v) is 20.6. The van der Waals surface area contributed by atoms with Crippen molar-refractivity contribution in [3.05, 3.63) is 138 Å². The fourth-order valence-electron chi connectivity index (χ4n) is 4.88. The van der Waals surface area contributed by atoms with Crippen LogP contribution in [0.25, 0.3) is 0 Å². The first-order valence-corrected chi connectivity index (χ1v) is 12.9. The molecule has 0 amide bonds. The Morgan fingerprint density at radius 3 is 1.83 bits per heavy atom. The summed E-state index contributed by atoms with van der Waals surface area (Å²) in [7, 11) is 1.40. The molecular formula is C29H22N2O2S2. The van der Waals surface area contributed by atoms with E-state index in [9.17, 15) is 4.79 Å². The van der Waals surface area contributed by atoms with E-state index in [1.165, 1.54) is 35.6 Å². The zero-order chi connectivity index (χ0) is 23.9. The second-order valence-corrected chi connectivity index (χ2v) is 11.1. The number of methoxy groups -OCH3 is 1. The van der Waals surface area contributed by atoms with Crippen molar-refractivity contribution >= 4 is 40.2 Å². The fourth-order valence-corrected chi connectivity index (χ4v) is 8.46. The zero-order valence-electron chi connectivity index (χ0n) is 19.0. The summed E-state index contributed by atoms with van der Waals surface area (Å²) in [4.78, 5) is 12.7. The molecule has 2 aliphatic heterocycles. The van der Waals surface area contributed by atoms with Gasteiger partial charge in [0, 0.05) is 5.56 Å². The number of hydrogen-bond acceptors (Lipinski definition) is 6. The van der Waals surface area contributed by atoms with Gasteiger partial charge in [0.1, 0.15) is 0 Å². The lowest BCUT2D eigenvalue weighted by molar-refractivity contribution is -0.132. The number of hydrazone groups is 1. The van der Waals surface area contributed by atoms with Gasteiger partial charge in [-0.25, -0.2) is 9.80 Å². The third kappa shape index (κ3) is 3.32. The van der Waals surface area contributed by atoms with Crippen molar-refractivity contribution in [2.24, 2.45) is 5.10 Å². The number of fused-ring (bicyclic) bond motifs is 2. The second-order valence-electron chi connectivity index (χ2n) is 8.29. The first-order valence-electron chi connectivity index (χ1n) is 11.3. The van der Waals surface area contributed by atoms with Crippen molar-refractivity contribution in [3.63, 3.8) is 0 Å². The maximum absolute atomic E-state index is 12.7. The van der Waals surface area contributed by atoms with E-state index < -0.39 is 14.9 Å². The van der Waals surface area contributed by atoms with E-state index in [0.29, 0.717) is 5.04 Å². The van der Waals surface area contributed by atoms with Gasteiger partial charge in [-0.1, -0.05) is 127 Å². The van der Waals surface area contributed by atoms with Crippen molar-refractivity contribution in [2.45, 2.75) is 8.95 Å². The highest BCUT2D eigenvalue weighted by atomic mass is 32.2. The molecule has 35 heavy (non-hydrogen) atoms. The largest absolute Gasteiger partial charge is 0.464 e. The van der Waals surface area contributed by atoms with Crippen LogP contribution < -0.4 is 5.01 Å². The molecule has 0 radical (unpaired) electrons. The van der Waals surface area contributed by atoms with E-state index in [-0.39, 0.29) is 0 Å². The van der Waals surface area contributed by atoms with Gasteiger partial charge in [-0.2, -0.15) is 5.10 Å². The highest BCUT2D eigenvalue weighted by Gasteiger charge is 2.61. The van der Waals surface area contributed by atoms with Crippen LogP contribution in [0.2, 0.25) is 0 Å². The molecule has 4 aromatic rings. The number of anilines is 1. The Hall–Kier alpha value is -3.48. The number of carbonyl (C=O) groups excluding carboxylic acids is 1. The summed E-state index contributed by atoms with van der Waals surface area (Å²) >= 11 is 3.26. The topological polar surface area (TPSA) is 41.9 Å². The van der Waals surface area contributed by atoms with E-state index in [1.54, 1.807) is 11.8 Å². The van der Waals surface area contributed by atoms with Gasteiger partial charge >= 0.3 is 5.97 Å². The maximum atomic E-state index is 12.7. The Morgan fingerprint density at radius 1 is 0.743 bits per heavy atom. The van der Waals surface area contributed by atoms with E-state index in [0.717, 1.165) is 11.3 Å². The number of esters is 1. The van der Waals surface area contributed by atoms with Crippen LogP contribution in [0.4, 0.5) is 5.69 Å². The molecule has 2 heterocycles. The van der Waals surface area contributed by atoms with Gasteiger partial charge in [-0.3, -0.25) is 0 Å². The lowest BCUT2D eigenvalue weighted by atomic mass is 9.82. The van der Waals surface area contributed by atoms with Crippen LogP contribution in [0.3, 0.4) is 0 Å². The van der Waals surface area contributed by atoms with Crippen LogP contribution in [0.1, 0.15) is 22.3 Å². The maximum Gasteiger partial charge on any atom is 0.365 e. The summed E-state index contributed by atoms with van der Waals surface area (Å²) in [5.74, 6) is -0.428. The molecular weight excluding hydrogens is 472 g/mol. The molecule has 0 N–H and O–H groups in total. The highest BCUT2D eigenvalue weighted by Crippen LogP contribution is 2.70. The van der Waals surface area contributed by atoms with Gasteiger partial charge in [0.2, 0.25) is 5.04 Å². The summed E-state index contributed by atoms with van der Waals surface area (Å²) in [5.41, 5.74) is 5.59. The van der Waals surface area contributed by atoms with E-state index in [4.69, 9.17) is 9.84 Å². The Kier molecular flexibility index (Phi) is 5.43. The molecule has 0 aliphatic carbocycles. The lowest BCUT2D eigenvalue weighted by Crippen LogP contribution is -2.34. The number of hydrogen-bond donors (Lipinski definition) is 0. The van der Waals surface area contributed by atoms with E-state index in [1.807, 2.05) is 47.5 Å².